The number of aliphatic carboxylic acids is 1. The van der Waals surface area contributed by atoms with Crippen LogP contribution in [0.1, 0.15) is 6.42 Å². The molecule has 3 rings (SSSR count). The molecule has 6 heteroatoms. The summed E-state index contributed by atoms with van der Waals surface area (Å²) in [6.45, 7) is 0.940. The van der Waals surface area contributed by atoms with Crippen LogP contribution in [0.3, 0.4) is 0 Å². The fraction of sp³-hybridized carbons (Fsp3) is 0.304. The molecule has 1 heterocycles. The van der Waals surface area contributed by atoms with Crippen molar-refractivity contribution in [2.24, 2.45) is 11.8 Å². The number of nitrogens with one attached hydrogen (secondary N) is 1. The van der Waals surface area contributed by atoms with Gasteiger partial charge in [-0.15, -0.1) is 0 Å². The van der Waals surface area contributed by atoms with Crippen molar-refractivity contribution in [1.29, 1.82) is 0 Å². The molecule has 6 nitrogen and oxygen atoms in total. The van der Waals surface area contributed by atoms with Gasteiger partial charge in [-0.1, -0.05) is 54.6 Å². The van der Waals surface area contributed by atoms with Gasteiger partial charge >= 0.3 is 5.97 Å². The number of rotatable bonds is 10. The van der Waals surface area contributed by atoms with Gasteiger partial charge in [0.15, 0.2) is 0 Å². The van der Waals surface area contributed by atoms with E-state index in [4.69, 9.17) is 14.6 Å². The lowest BCUT2D eigenvalue weighted by molar-refractivity contribution is -0.141. The SMILES string of the molecule is O=C(O)COCC=CC[C@H]1C(=O)NC[C@@H]1COc1ccc(-c2ccccc2)cc1. The maximum atomic E-state index is 12.1. The molecule has 0 spiro atoms. The number of carbonyl (C=O) groups is 2. The van der Waals surface area contributed by atoms with E-state index in [1.807, 2.05) is 48.5 Å². The van der Waals surface area contributed by atoms with Crippen molar-refractivity contribution < 1.29 is 24.2 Å². The number of carboxylic acid groups (broad SMARTS) is 1. The van der Waals surface area contributed by atoms with Crippen LogP contribution in [-0.2, 0) is 14.3 Å². The Bertz CT molecular complexity index is 832. The normalized spacial score (nSPS) is 18.7. The summed E-state index contributed by atoms with van der Waals surface area (Å²) >= 11 is 0. The maximum Gasteiger partial charge on any atom is 0.329 e. The lowest BCUT2D eigenvalue weighted by Crippen LogP contribution is -2.22. The number of allylic oxidation sites excluding steroid dienone is 1. The Hall–Kier alpha value is -3.12. The van der Waals surface area contributed by atoms with E-state index in [1.54, 1.807) is 6.08 Å². The third-order valence-corrected chi connectivity index (χ3v) is 4.87. The number of carbonyl (C=O) groups excluding carboxylic acids is 1. The molecule has 0 aliphatic carbocycles. The highest BCUT2D eigenvalue weighted by Crippen LogP contribution is 2.25. The zero-order chi connectivity index (χ0) is 20.5. The molecular formula is C23H25NO5. The zero-order valence-corrected chi connectivity index (χ0v) is 16.1. The molecule has 1 aliphatic heterocycles. The number of benzene rings is 2. The van der Waals surface area contributed by atoms with Crippen LogP contribution in [0.25, 0.3) is 11.1 Å². The Morgan fingerprint density at radius 1 is 1.07 bits per heavy atom. The molecule has 152 valence electrons. The van der Waals surface area contributed by atoms with Crippen molar-refractivity contribution in [3.05, 3.63) is 66.7 Å². The number of ether oxygens (including phenoxy) is 2. The van der Waals surface area contributed by atoms with Crippen LogP contribution in [0.5, 0.6) is 5.75 Å². The monoisotopic (exact) mass is 395 g/mol. The third-order valence-electron chi connectivity index (χ3n) is 4.87. The first-order valence-corrected chi connectivity index (χ1v) is 9.64. The lowest BCUT2D eigenvalue weighted by atomic mass is 9.93. The van der Waals surface area contributed by atoms with E-state index in [0.29, 0.717) is 19.6 Å². The van der Waals surface area contributed by atoms with Crippen LogP contribution in [0.15, 0.2) is 66.7 Å². The molecule has 1 amide bonds. The fourth-order valence-corrected chi connectivity index (χ4v) is 3.30. The van der Waals surface area contributed by atoms with Gasteiger partial charge in [-0.05, 0) is 29.7 Å². The fourth-order valence-electron chi connectivity index (χ4n) is 3.30. The van der Waals surface area contributed by atoms with Crippen LogP contribution in [-0.4, -0.2) is 43.3 Å². The van der Waals surface area contributed by atoms with Gasteiger partial charge in [0.1, 0.15) is 12.4 Å². The van der Waals surface area contributed by atoms with Gasteiger partial charge < -0.3 is 19.9 Å². The lowest BCUT2D eigenvalue weighted by Gasteiger charge is -2.16. The summed E-state index contributed by atoms with van der Waals surface area (Å²) in [5.74, 6) is -0.271. The standard InChI is InChI=1S/C23H25NO5/c25-22(26)16-28-13-5-4-8-21-19(14-24-23(21)27)15-29-20-11-9-18(10-12-20)17-6-2-1-3-7-17/h1-7,9-12,19,21H,8,13-16H2,(H,24,27)(H,25,26)/t19-,21-/m1/s1. The van der Waals surface area contributed by atoms with Crippen LogP contribution in [0.4, 0.5) is 0 Å². The minimum Gasteiger partial charge on any atom is -0.493 e. The van der Waals surface area contributed by atoms with E-state index in [1.165, 1.54) is 0 Å². The molecule has 0 saturated carbocycles. The summed E-state index contributed by atoms with van der Waals surface area (Å²) in [6, 6.07) is 18.1. The molecule has 0 bridgehead atoms. The summed E-state index contributed by atoms with van der Waals surface area (Å²) in [5, 5.41) is 11.4. The molecule has 0 unspecified atom stereocenters. The summed E-state index contributed by atoms with van der Waals surface area (Å²) in [4.78, 5) is 22.5. The van der Waals surface area contributed by atoms with Gasteiger partial charge in [0.2, 0.25) is 5.91 Å². The Labute approximate surface area is 170 Å². The zero-order valence-electron chi connectivity index (χ0n) is 16.1. The van der Waals surface area contributed by atoms with Gasteiger partial charge in [0, 0.05) is 18.4 Å². The van der Waals surface area contributed by atoms with Gasteiger partial charge in [0.05, 0.1) is 13.2 Å². The first-order valence-electron chi connectivity index (χ1n) is 9.64. The van der Waals surface area contributed by atoms with Crippen molar-refractivity contribution in [2.45, 2.75) is 6.42 Å². The van der Waals surface area contributed by atoms with E-state index < -0.39 is 5.97 Å². The molecule has 1 saturated heterocycles. The molecule has 29 heavy (non-hydrogen) atoms. The highest BCUT2D eigenvalue weighted by molar-refractivity contribution is 5.81. The van der Waals surface area contributed by atoms with Crippen molar-refractivity contribution in [3.8, 4) is 16.9 Å². The Balaban J connectivity index is 1.48. The maximum absolute atomic E-state index is 12.1. The van der Waals surface area contributed by atoms with Gasteiger partial charge in [0.25, 0.3) is 0 Å². The molecule has 1 fully saturated rings. The van der Waals surface area contributed by atoms with E-state index in [0.717, 1.165) is 16.9 Å². The minimum absolute atomic E-state index is 0.0223. The van der Waals surface area contributed by atoms with E-state index >= 15 is 0 Å². The van der Waals surface area contributed by atoms with Crippen LogP contribution < -0.4 is 10.1 Å². The van der Waals surface area contributed by atoms with Gasteiger partial charge in [-0.3, -0.25) is 4.79 Å². The first-order chi connectivity index (χ1) is 14.1. The summed E-state index contributed by atoms with van der Waals surface area (Å²) in [5.41, 5.74) is 2.28. The van der Waals surface area contributed by atoms with Gasteiger partial charge in [-0.2, -0.15) is 0 Å². The van der Waals surface area contributed by atoms with Crippen molar-refractivity contribution in [3.63, 3.8) is 0 Å². The minimum atomic E-state index is -0.998. The summed E-state index contributed by atoms with van der Waals surface area (Å²) in [6.07, 6.45) is 4.18. The molecule has 2 aromatic rings. The second-order valence-corrected chi connectivity index (χ2v) is 6.93. The molecule has 2 atom stereocenters. The molecular weight excluding hydrogens is 370 g/mol. The highest BCUT2D eigenvalue weighted by Gasteiger charge is 2.34. The summed E-state index contributed by atoms with van der Waals surface area (Å²) in [7, 11) is 0. The molecule has 2 N–H and O–H groups in total. The first kappa shape index (κ1) is 20.6. The molecule has 1 aliphatic rings. The number of amides is 1. The Morgan fingerprint density at radius 2 is 1.79 bits per heavy atom. The molecule has 0 radical (unpaired) electrons. The third kappa shape index (κ3) is 6.19. The second kappa shape index (κ2) is 10.4. The average molecular weight is 395 g/mol. The largest absolute Gasteiger partial charge is 0.493 e. The van der Waals surface area contributed by atoms with Crippen molar-refractivity contribution in [2.75, 3.05) is 26.4 Å². The van der Waals surface area contributed by atoms with E-state index in [2.05, 4.69) is 17.4 Å². The van der Waals surface area contributed by atoms with E-state index in [-0.39, 0.29) is 31.0 Å². The van der Waals surface area contributed by atoms with Crippen LogP contribution in [0, 0.1) is 11.8 Å². The molecule has 2 aromatic carbocycles. The highest BCUT2D eigenvalue weighted by atomic mass is 16.5. The predicted octanol–water partition coefficient (Wildman–Crippen LogP) is 3.14. The van der Waals surface area contributed by atoms with Crippen molar-refractivity contribution in [1.82, 2.24) is 5.32 Å². The number of hydrogen-bond donors (Lipinski definition) is 2. The Kier molecular flexibility index (Phi) is 7.41. The van der Waals surface area contributed by atoms with Crippen LogP contribution >= 0.6 is 0 Å². The number of hydrogen-bond acceptors (Lipinski definition) is 4. The molecule has 0 aromatic heterocycles. The predicted molar refractivity (Wildman–Crippen MR) is 110 cm³/mol. The topological polar surface area (TPSA) is 84.9 Å². The Morgan fingerprint density at radius 3 is 2.52 bits per heavy atom. The van der Waals surface area contributed by atoms with Crippen LogP contribution in [0.2, 0.25) is 0 Å². The summed E-state index contributed by atoms with van der Waals surface area (Å²) < 4.78 is 10.9. The quantitative estimate of drug-likeness (QED) is 0.477. The number of carboxylic acids is 1. The van der Waals surface area contributed by atoms with Gasteiger partial charge in [-0.25, -0.2) is 4.79 Å². The van der Waals surface area contributed by atoms with Crippen molar-refractivity contribution >= 4 is 11.9 Å². The second-order valence-electron chi connectivity index (χ2n) is 6.93. The average Bonchev–Trinajstić information content (AvgIpc) is 3.09. The van der Waals surface area contributed by atoms with E-state index in [9.17, 15) is 9.59 Å². The smallest absolute Gasteiger partial charge is 0.329 e.